The zero-order valence-corrected chi connectivity index (χ0v) is 10.2. The number of H-pyrrole nitrogens is 1. The minimum Gasteiger partial charge on any atom is -0.497 e. The van der Waals surface area contributed by atoms with Crippen LogP contribution in [-0.4, -0.2) is 21.7 Å². The summed E-state index contributed by atoms with van der Waals surface area (Å²) in [6, 6.07) is 7.61. The van der Waals surface area contributed by atoms with Crippen LogP contribution in [0.5, 0.6) is 5.75 Å². The largest absolute Gasteiger partial charge is 0.497 e. The fraction of sp³-hybridized carbons (Fsp3) is 0.231. The highest BCUT2D eigenvalue weighted by Gasteiger charge is 2.10. The molecule has 5 heteroatoms. The quantitative estimate of drug-likeness (QED) is 0.746. The lowest BCUT2D eigenvalue weighted by molar-refractivity contribution is 0.415. The van der Waals surface area contributed by atoms with Crippen molar-refractivity contribution < 1.29 is 4.74 Å². The molecular weight excluding hydrogens is 230 g/mol. The number of aryl methyl sites for hydroxylation is 1. The number of hydrogen-bond acceptors (Lipinski definition) is 3. The molecule has 2 heterocycles. The van der Waals surface area contributed by atoms with Crippen LogP contribution >= 0.6 is 0 Å². The minimum absolute atomic E-state index is 0.178. The summed E-state index contributed by atoms with van der Waals surface area (Å²) in [6.07, 6.45) is 0.753. The van der Waals surface area contributed by atoms with Gasteiger partial charge in [-0.25, -0.2) is 5.10 Å². The van der Waals surface area contributed by atoms with E-state index in [1.54, 1.807) is 7.11 Å². The van der Waals surface area contributed by atoms with Gasteiger partial charge in [0.15, 0.2) is 0 Å². The van der Waals surface area contributed by atoms with Crippen molar-refractivity contribution in [2.75, 3.05) is 7.11 Å². The molecule has 2 aromatic heterocycles. The van der Waals surface area contributed by atoms with Crippen molar-refractivity contribution in [3.8, 4) is 5.75 Å². The second kappa shape index (κ2) is 3.87. The van der Waals surface area contributed by atoms with Crippen LogP contribution in [0.3, 0.4) is 0 Å². The van der Waals surface area contributed by atoms with E-state index in [0.29, 0.717) is 5.52 Å². The molecular formula is C13H13N3O2. The lowest BCUT2D eigenvalue weighted by atomic mass is 10.2. The first-order valence-electron chi connectivity index (χ1n) is 5.81. The smallest absolute Gasteiger partial charge is 0.288 e. The average molecular weight is 243 g/mol. The van der Waals surface area contributed by atoms with Gasteiger partial charge in [-0.2, -0.15) is 5.10 Å². The molecule has 0 spiro atoms. The lowest BCUT2D eigenvalue weighted by Gasteiger charge is -2.03. The van der Waals surface area contributed by atoms with Gasteiger partial charge in [-0.1, -0.05) is 6.92 Å². The molecule has 0 atom stereocenters. The van der Waals surface area contributed by atoms with Crippen molar-refractivity contribution in [1.82, 2.24) is 14.6 Å². The first-order valence-corrected chi connectivity index (χ1v) is 5.81. The van der Waals surface area contributed by atoms with E-state index < -0.39 is 0 Å². The molecule has 3 aromatic rings. The van der Waals surface area contributed by atoms with Crippen LogP contribution in [0.15, 0.2) is 29.1 Å². The Morgan fingerprint density at radius 2 is 2.17 bits per heavy atom. The number of nitrogens with one attached hydrogen (secondary N) is 1. The summed E-state index contributed by atoms with van der Waals surface area (Å²) in [5.74, 6) is 1.62. The number of benzene rings is 1. The van der Waals surface area contributed by atoms with Crippen LogP contribution in [0.4, 0.5) is 0 Å². The molecule has 1 aromatic carbocycles. The van der Waals surface area contributed by atoms with Gasteiger partial charge >= 0.3 is 0 Å². The molecule has 0 unspecified atom stereocenters. The summed E-state index contributed by atoms with van der Waals surface area (Å²) < 4.78 is 7.09. The van der Waals surface area contributed by atoms with Crippen LogP contribution in [0.2, 0.25) is 0 Å². The molecule has 18 heavy (non-hydrogen) atoms. The number of methoxy groups -OCH3 is 1. The highest BCUT2D eigenvalue weighted by Crippen LogP contribution is 2.23. The Hall–Kier alpha value is -2.30. The Bertz CT molecular complexity index is 786. The van der Waals surface area contributed by atoms with Crippen LogP contribution < -0.4 is 10.3 Å². The molecule has 0 amide bonds. The molecule has 1 N–H and O–H groups in total. The van der Waals surface area contributed by atoms with E-state index in [-0.39, 0.29) is 5.56 Å². The van der Waals surface area contributed by atoms with Gasteiger partial charge in [-0.3, -0.25) is 9.20 Å². The molecule has 3 rings (SSSR count). The van der Waals surface area contributed by atoms with E-state index in [1.165, 1.54) is 0 Å². The summed E-state index contributed by atoms with van der Waals surface area (Å²) >= 11 is 0. The zero-order valence-electron chi connectivity index (χ0n) is 10.2. The monoisotopic (exact) mass is 243 g/mol. The third-order valence-corrected chi connectivity index (χ3v) is 3.10. The van der Waals surface area contributed by atoms with Gasteiger partial charge in [0.05, 0.1) is 12.6 Å². The first kappa shape index (κ1) is 10.8. The van der Waals surface area contributed by atoms with Crippen molar-refractivity contribution in [1.29, 1.82) is 0 Å². The van der Waals surface area contributed by atoms with Crippen molar-refractivity contribution in [3.63, 3.8) is 0 Å². The van der Waals surface area contributed by atoms with Crippen LogP contribution in [0.1, 0.15) is 12.7 Å². The van der Waals surface area contributed by atoms with Crippen molar-refractivity contribution in [2.45, 2.75) is 13.3 Å². The van der Waals surface area contributed by atoms with E-state index in [1.807, 2.05) is 35.6 Å². The Labute approximate surface area is 103 Å². The third-order valence-electron chi connectivity index (χ3n) is 3.10. The molecule has 0 radical (unpaired) electrons. The minimum atomic E-state index is -0.178. The Balaban J connectivity index is 2.50. The van der Waals surface area contributed by atoms with Gasteiger partial charge < -0.3 is 4.74 Å². The fourth-order valence-electron chi connectivity index (χ4n) is 2.23. The maximum Gasteiger partial charge on any atom is 0.288 e. The van der Waals surface area contributed by atoms with Crippen molar-refractivity contribution in [3.05, 3.63) is 40.4 Å². The number of ether oxygens (including phenoxy) is 1. The standard InChI is InChI=1S/C13H13N3O2/c1-3-12-14-15-13(17)11-7-8-6-9(18-2)4-5-10(8)16(11)12/h4-7H,3H2,1-2H3,(H,15,17). The normalized spacial score (nSPS) is 11.2. The maximum absolute atomic E-state index is 11.8. The zero-order chi connectivity index (χ0) is 12.7. The SMILES string of the molecule is CCc1n[nH]c(=O)c2cc3cc(OC)ccc3n12. The summed E-state index contributed by atoms with van der Waals surface area (Å²) in [7, 11) is 1.63. The van der Waals surface area contributed by atoms with Crippen LogP contribution in [0, 0.1) is 0 Å². The van der Waals surface area contributed by atoms with E-state index in [4.69, 9.17) is 4.74 Å². The third kappa shape index (κ3) is 1.40. The molecule has 0 aliphatic rings. The van der Waals surface area contributed by atoms with Gasteiger partial charge in [0.2, 0.25) is 0 Å². The van der Waals surface area contributed by atoms with Gasteiger partial charge in [0.1, 0.15) is 17.1 Å². The summed E-state index contributed by atoms with van der Waals surface area (Å²) in [5, 5.41) is 7.58. The number of hydrogen-bond donors (Lipinski definition) is 1. The molecule has 0 aliphatic carbocycles. The number of rotatable bonds is 2. The van der Waals surface area contributed by atoms with Crippen molar-refractivity contribution in [2.24, 2.45) is 0 Å². The van der Waals surface area contributed by atoms with E-state index in [9.17, 15) is 4.79 Å². The second-order valence-corrected chi connectivity index (χ2v) is 4.11. The first-order chi connectivity index (χ1) is 8.74. The van der Waals surface area contributed by atoms with Gasteiger partial charge in [-0.05, 0) is 24.3 Å². The topological polar surface area (TPSA) is 59.4 Å². The van der Waals surface area contributed by atoms with Gasteiger partial charge in [0.25, 0.3) is 5.56 Å². The van der Waals surface area contributed by atoms with Crippen molar-refractivity contribution >= 4 is 16.4 Å². The Morgan fingerprint density at radius 1 is 1.33 bits per heavy atom. The Morgan fingerprint density at radius 3 is 2.89 bits per heavy atom. The van der Waals surface area contributed by atoms with E-state index in [2.05, 4.69) is 10.2 Å². The Kier molecular flexibility index (Phi) is 2.33. The predicted molar refractivity (Wildman–Crippen MR) is 69.2 cm³/mol. The predicted octanol–water partition coefficient (Wildman–Crippen LogP) is 1.75. The molecule has 0 saturated carbocycles. The van der Waals surface area contributed by atoms with Gasteiger partial charge in [-0.15, -0.1) is 0 Å². The molecule has 5 nitrogen and oxygen atoms in total. The molecule has 0 bridgehead atoms. The highest BCUT2D eigenvalue weighted by atomic mass is 16.5. The van der Waals surface area contributed by atoms with Crippen LogP contribution in [0.25, 0.3) is 16.4 Å². The summed E-state index contributed by atoms with van der Waals surface area (Å²) in [5.41, 5.74) is 1.41. The summed E-state index contributed by atoms with van der Waals surface area (Å²) in [4.78, 5) is 11.8. The average Bonchev–Trinajstić information content (AvgIpc) is 2.79. The van der Waals surface area contributed by atoms with E-state index >= 15 is 0 Å². The molecule has 0 saturated heterocycles. The number of fused-ring (bicyclic) bond motifs is 3. The second-order valence-electron chi connectivity index (χ2n) is 4.11. The molecule has 0 fully saturated rings. The van der Waals surface area contributed by atoms with Gasteiger partial charge in [0, 0.05) is 11.8 Å². The van der Waals surface area contributed by atoms with E-state index in [0.717, 1.165) is 28.9 Å². The molecule has 92 valence electrons. The number of aromatic nitrogens is 3. The van der Waals surface area contributed by atoms with Crippen LogP contribution in [-0.2, 0) is 6.42 Å². The molecule has 0 aliphatic heterocycles. The number of aromatic amines is 1. The fourth-order valence-corrected chi connectivity index (χ4v) is 2.23. The highest BCUT2D eigenvalue weighted by molar-refractivity contribution is 5.88. The number of nitrogens with zero attached hydrogens (tertiary/aromatic N) is 2. The lowest BCUT2D eigenvalue weighted by Crippen LogP contribution is -2.14. The summed E-state index contributed by atoms with van der Waals surface area (Å²) in [6.45, 7) is 2.01. The maximum atomic E-state index is 11.8.